The van der Waals surface area contributed by atoms with Crippen LogP contribution >= 0.6 is 0 Å². The minimum Gasteiger partial charge on any atom is -0.493 e. The van der Waals surface area contributed by atoms with E-state index in [4.69, 9.17) is 10.00 Å². The number of hydrogen-bond donors (Lipinski definition) is 0. The summed E-state index contributed by atoms with van der Waals surface area (Å²) in [7, 11) is 0. The number of rotatable bonds is 4. The number of nitriles is 1. The lowest BCUT2D eigenvalue weighted by atomic mass is 10.2. The predicted octanol–water partition coefficient (Wildman–Crippen LogP) is 2.50. The van der Waals surface area contributed by atoms with E-state index in [1.54, 1.807) is 12.1 Å². The van der Waals surface area contributed by atoms with Gasteiger partial charge in [-0.3, -0.25) is 10.1 Å². The highest BCUT2D eigenvalue weighted by molar-refractivity contribution is 5.52. The standard InChI is InChI=1S/C11H12N2O3/c1-8(2)7-16-10-4-3-9(6-12)11(5-10)13(14)15/h3-5,8H,7H2,1-2H3. The zero-order chi connectivity index (χ0) is 12.1. The Balaban J connectivity index is 2.95. The first-order valence-electron chi connectivity index (χ1n) is 4.86. The molecule has 0 bridgehead atoms. The fourth-order valence-corrected chi connectivity index (χ4v) is 1.11. The molecule has 5 nitrogen and oxygen atoms in total. The minimum absolute atomic E-state index is 0.0434. The highest BCUT2D eigenvalue weighted by Gasteiger charge is 2.14. The molecule has 0 amide bonds. The van der Waals surface area contributed by atoms with E-state index in [-0.39, 0.29) is 11.3 Å². The van der Waals surface area contributed by atoms with E-state index in [1.807, 2.05) is 13.8 Å². The average molecular weight is 220 g/mol. The Bertz CT molecular complexity index is 435. The Labute approximate surface area is 93.4 Å². The first-order valence-corrected chi connectivity index (χ1v) is 4.86. The van der Waals surface area contributed by atoms with Crippen molar-refractivity contribution in [2.24, 2.45) is 5.92 Å². The van der Waals surface area contributed by atoms with Gasteiger partial charge in [0.05, 0.1) is 17.6 Å². The SMILES string of the molecule is CC(C)COc1ccc(C#N)c([N+](=O)[O-])c1. The van der Waals surface area contributed by atoms with Crippen molar-refractivity contribution in [3.8, 4) is 11.8 Å². The molecule has 0 aliphatic heterocycles. The molecular formula is C11H12N2O3. The summed E-state index contributed by atoms with van der Waals surface area (Å²) in [5, 5.41) is 19.4. The van der Waals surface area contributed by atoms with Gasteiger partial charge < -0.3 is 4.74 Å². The van der Waals surface area contributed by atoms with Crippen molar-refractivity contribution in [3.63, 3.8) is 0 Å². The van der Waals surface area contributed by atoms with Crippen LogP contribution in [0.4, 0.5) is 5.69 Å². The Hall–Kier alpha value is -2.09. The monoisotopic (exact) mass is 220 g/mol. The van der Waals surface area contributed by atoms with Crippen molar-refractivity contribution in [3.05, 3.63) is 33.9 Å². The van der Waals surface area contributed by atoms with Gasteiger partial charge in [-0.1, -0.05) is 13.8 Å². The third-order valence-corrected chi connectivity index (χ3v) is 1.87. The lowest BCUT2D eigenvalue weighted by molar-refractivity contribution is -0.385. The van der Waals surface area contributed by atoms with Gasteiger partial charge in [0.15, 0.2) is 0 Å². The molecule has 0 N–H and O–H groups in total. The highest BCUT2D eigenvalue weighted by atomic mass is 16.6. The third kappa shape index (κ3) is 2.95. The molecule has 0 saturated carbocycles. The molecule has 0 radical (unpaired) electrons. The van der Waals surface area contributed by atoms with E-state index in [9.17, 15) is 10.1 Å². The summed E-state index contributed by atoms with van der Waals surface area (Å²) in [5.41, 5.74) is -0.175. The summed E-state index contributed by atoms with van der Waals surface area (Å²) in [6, 6.07) is 6.01. The predicted molar refractivity (Wildman–Crippen MR) is 58.1 cm³/mol. The zero-order valence-corrected chi connectivity index (χ0v) is 9.14. The van der Waals surface area contributed by atoms with Crippen LogP contribution in [0.1, 0.15) is 19.4 Å². The van der Waals surface area contributed by atoms with Crippen LogP contribution in [-0.4, -0.2) is 11.5 Å². The summed E-state index contributed by atoms with van der Waals surface area (Å²) in [4.78, 5) is 10.1. The van der Waals surface area contributed by atoms with Crippen molar-refractivity contribution in [1.82, 2.24) is 0 Å². The van der Waals surface area contributed by atoms with Gasteiger partial charge in [-0.2, -0.15) is 5.26 Å². The molecule has 0 atom stereocenters. The van der Waals surface area contributed by atoms with Crippen LogP contribution < -0.4 is 4.74 Å². The van der Waals surface area contributed by atoms with Gasteiger partial charge in [-0.25, -0.2) is 0 Å². The Morgan fingerprint density at radius 3 is 2.75 bits per heavy atom. The van der Waals surface area contributed by atoms with E-state index in [2.05, 4.69) is 0 Å². The normalized spacial score (nSPS) is 9.88. The zero-order valence-electron chi connectivity index (χ0n) is 9.14. The third-order valence-electron chi connectivity index (χ3n) is 1.87. The van der Waals surface area contributed by atoms with Crippen LogP contribution in [0, 0.1) is 27.4 Å². The van der Waals surface area contributed by atoms with Crippen molar-refractivity contribution in [2.45, 2.75) is 13.8 Å². The van der Waals surface area contributed by atoms with Crippen LogP contribution in [0.3, 0.4) is 0 Å². The number of nitrogens with zero attached hydrogens (tertiary/aromatic N) is 2. The van der Waals surface area contributed by atoms with E-state index in [0.717, 1.165) is 0 Å². The fraction of sp³-hybridized carbons (Fsp3) is 0.364. The molecule has 0 aliphatic carbocycles. The van der Waals surface area contributed by atoms with E-state index in [0.29, 0.717) is 18.3 Å². The van der Waals surface area contributed by atoms with E-state index < -0.39 is 4.92 Å². The molecule has 1 aromatic rings. The maximum absolute atomic E-state index is 10.7. The molecule has 0 saturated heterocycles. The molecule has 1 rings (SSSR count). The van der Waals surface area contributed by atoms with Gasteiger partial charge in [-0.05, 0) is 18.1 Å². The Morgan fingerprint density at radius 1 is 1.56 bits per heavy atom. The van der Waals surface area contributed by atoms with Crippen LogP contribution in [-0.2, 0) is 0 Å². The molecule has 16 heavy (non-hydrogen) atoms. The lowest BCUT2D eigenvalue weighted by Gasteiger charge is -2.08. The molecule has 1 aromatic carbocycles. The molecule has 0 unspecified atom stereocenters. The first kappa shape index (κ1) is 12.0. The molecule has 0 aliphatic rings. The van der Waals surface area contributed by atoms with Gasteiger partial charge in [0, 0.05) is 0 Å². The second-order valence-corrected chi connectivity index (χ2v) is 3.75. The molecule has 84 valence electrons. The second kappa shape index (κ2) is 5.12. The van der Waals surface area contributed by atoms with Crippen LogP contribution in [0.25, 0.3) is 0 Å². The smallest absolute Gasteiger partial charge is 0.290 e. The Kier molecular flexibility index (Phi) is 3.84. The molecule has 0 spiro atoms. The molecular weight excluding hydrogens is 208 g/mol. The molecule has 0 aromatic heterocycles. The van der Waals surface area contributed by atoms with E-state index in [1.165, 1.54) is 12.1 Å². The maximum Gasteiger partial charge on any atom is 0.290 e. The minimum atomic E-state index is -0.583. The summed E-state index contributed by atoms with van der Waals surface area (Å²) < 4.78 is 5.34. The maximum atomic E-state index is 10.7. The number of nitro benzene ring substituents is 1. The largest absolute Gasteiger partial charge is 0.493 e. The first-order chi connectivity index (χ1) is 7.54. The van der Waals surface area contributed by atoms with Crippen LogP contribution in [0.15, 0.2) is 18.2 Å². The summed E-state index contributed by atoms with van der Waals surface area (Å²) in [6.45, 7) is 4.46. The van der Waals surface area contributed by atoms with Crippen molar-refractivity contribution in [2.75, 3.05) is 6.61 Å². The van der Waals surface area contributed by atoms with E-state index >= 15 is 0 Å². The number of hydrogen-bond acceptors (Lipinski definition) is 4. The quantitative estimate of drug-likeness (QED) is 0.577. The topological polar surface area (TPSA) is 76.2 Å². The molecule has 5 heteroatoms. The highest BCUT2D eigenvalue weighted by Crippen LogP contribution is 2.24. The summed E-state index contributed by atoms with van der Waals surface area (Å²) in [5.74, 6) is 0.758. The van der Waals surface area contributed by atoms with Crippen molar-refractivity contribution < 1.29 is 9.66 Å². The van der Waals surface area contributed by atoms with Crippen molar-refractivity contribution in [1.29, 1.82) is 5.26 Å². The van der Waals surface area contributed by atoms with Crippen LogP contribution in [0.2, 0.25) is 0 Å². The van der Waals surface area contributed by atoms with Gasteiger partial charge >= 0.3 is 0 Å². The molecule has 0 fully saturated rings. The van der Waals surface area contributed by atoms with Gasteiger partial charge in [-0.15, -0.1) is 0 Å². The number of ether oxygens (including phenoxy) is 1. The number of benzene rings is 1. The Morgan fingerprint density at radius 2 is 2.25 bits per heavy atom. The van der Waals surface area contributed by atoms with Gasteiger partial charge in [0.2, 0.25) is 0 Å². The number of nitro groups is 1. The van der Waals surface area contributed by atoms with Crippen LogP contribution in [0.5, 0.6) is 5.75 Å². The summed E-state index contributed by atoms with van der Waals surface area (Å²) in [6.07, 6.45) is 0. The lowest BCUT2D eigenvalue weighted by Crippen LogP contribution is -2.05. The van der Waals surface area contributed by atoms with Gasteiger partial charge in [0.1, 0.15) is 17.4 Å². The summed E-state index contributed by atoms with van der Waals surface area (Å²) >= 11 is 0. The van der Waals surface area contributed by atoms with Gasteiger partial charge in [0.25, 0.3) is 5.69 Å². The average Bonchev–Trinajstić information content (AvgIpc) is 2.25. The second-order valence-electron chi connectivity index (χ2n) is 3.75. The molecule has 0 heterocycles. The fourth-order valence-electron chi connectivity index (χ4n) is 1.11. The van der Waals surface area contributed by atoms with Crippen molar-refractivity contribution >= 4 is 5.69 Å².